The molecule has 4 nitrogen and oxygen atoms in total. The first kappa shape index (κ1) is 16.2. The first-order valence-corrected chi connectivity index (χ1v) is 8.50. The number of rotatable bonds is 5. The monoisotopic (exact) mass is 322 g/mol. The Balaban J connectivity index is 1.89. The van der Waals surface area contributed by atoms with Gasteiger partial charge in [-0.3, -0.25) is 4.79 Å². The summed E-state index contributed by atoms with van der Waals surface area (Å²) < 4.78 is 0. The van der Waals surface area contributed by atoms with Crippen LogP contribution >= 0.6 is 0 Å². The lowest BCUT2D eigenvalue weighted by atomic mass is 9.95. The molecule has 0 aliphatic heterocycles. The summed E-state index contributed by atoms with van der Waals surface area (Å²) in [4.78, 5) is 24.4. The second kappa shape index (κ2) is 7.30. The van der Waals surface area contributed by atoms with Gasteiger partial charge in [0, 0.05) is 18.5 Å². The number of anilines is 1. The number of Topliss-reactive ketones (excluding diaryl/α,β-unsaturated/α-hetero) is 1. The highest BCUT2D eigenvalue weighted by atomic mass is 16.2. The smallest absolute Gasteiger partial charge is 0.319 e. The number of carbonyl (C=O) groups is 2. The Morgan fingerprint density at radius 2 is 1.88 bits per heavy atom. The average Bonchev–Trinajstić information content (AvgIpc) is 2.99. The van der Waals surface area contributed by atoms with Crippen LogP contribution in [-0.2, 0) is 6.42 Å². The van der Waals surface area contributed by atoms with Gasteiger partial charge in [0.25, 0.3) is 0 Å². The van der Waals surface area contributed by atoms with Crippen LogP contribution in [0.1, 0.15) is 42.1 Å². The molecule has 3 rings (SSSR count). The van der Waals surface area contributed by atoms with Gasteiger partial charge in [-0.1, -0.05) is 49.7 Å². The third-order valence-corrected chi connectivity index (χ3v) is 4.34. The number of ketones is 1. The quantitative estimate of drug-likeness (QED) is 0.801. The van der Waals surface area contributed by atoms with Crippen LogP contribution in [0.3, 0.4) is 0 Å². The van der Waals surface area contributed by atoms with Gasteiger partial charge in [0.05, 0.1) is 5.69 Å². The van der Waals surface area contributed by atoms with E-state index in [9.17, 15) is 9.59 Å². The summed E-state index contributed by atoms with van der Waals surface area (Å²) in [5, 5.41) is 5.66. The number of hydrogen-bond donors (Lipinski definition) is 2. The molecule has 0 spiro atoms. The van der Waals surface area contributed by atoms with Gasteiger partial charge >= 0.3 is 6.03 Å². The van der Waals surface area contributed by atoms with Gasteiger partial charge in [0.1, 0.15) is 0 Å². The lowest BCUT2D eigenvalue weighted by Crippen LogP contribution is -2.30. The summed E-state index contributed by atoms with van der Waals surface area (Å²) in [5.41, 5.74) is 4.50. The van der Waals surface area contributed by atoms with Crippen molar-refractivity contribution < 1.29 is 9.59 Å². The van der Waals surface area contributed by atoms with Crippen LogP contribution in [0.15, 0.2) is 42.5 Å². The fourth-order valence-electron chi connectivity index (χ4n) is 3.13. The van der Waals surface area contributed by atoms with E-state index in [1.807, 2.05) is 42.5 Å². The SMILES string of the molecule is CCCCNC(=O)Nc1ccc(-c2ccccc2)c2c1C(=O)CC2. The summed E-state index contributed by atoms with van der Waals surface area (Å²) >= 11 is 0. The van der Waals surface area contributed by atoms with Crippen molar-refractivity contribution in [3.63, 3.8) is 0 Å². The zero-order valence-corrected chi connectivity index (χ0v) is 13.9. The molecule has 0 aromatic heterocycles. The number of amides is 2. The standard InChI is InChI=1S/C20H22N2O2/c1-2-3-13-21-20(24)22-17-11-9-15(14-7-5-4-6-8-14)16-10-12-18(23)19(16)17/h4-9,11H,2-3,10,12-13H2,1H3,(H2,21,22,24). The molecule has 0 saturated carbocycles. The molecule has 2 amide bonds. The molecule has 0 saturated heterocycles. The molecule has 0 fully saturated rings. The number of carbonyl (C=O) groups excluding carboxylic acids is 2. The summed E-state index contributed by atoms with van der Waals surface area (Å²) in [6, 6.07) is 13.6. The summed E-state index contributed by atoms with van der Waals surface area (Å²) in [6.45, 7) is 2.72. The molecule has 0 heterocycles. The molecule has 24 heavy (non-hydrogen) atoms. The molecule has 0 unspecified atom stereocenters. The van der Waals surface area contributed by atoms with Crippen molar-refractivity contribution in [2.24, 2.45) is 0 Å². The number of nitrogens with one attached hydrogen (secondary N) is 2. The number of urea groups is 1. The molecule has 1 aliphatic carbocycles. The Morgan fingerprint density at radius 3 is 2.62 bits per heavy atom. The molecule has 2 aromatic rings. The van der Waals surface area contributed by atoms with E-state index in [4.69, 9.17) is 0 Å². The van der Waals surface area contributed by atoms with E-state index in [0.717, 1.165) is 36.0 Å². The van der Waals surface area contributed by atoms with Gasteiger partial charge in [0.15, 0.2) is 5.78 Å². The molecular weight excluding hydrogens is 300 g/mol. The number of hydrogen-bond acceptors (Lipinski definition) is 2. The molecule has 124 valence electrons. The lowest BCUT2D eigenvalue weighted by Gasteiger charge is -2.14. The van der Waals surface area contributed by atoms with E-state index in [1.165, 1.54) is 0 Å². The largest absolute Gasteiger partial charge is 0.338 e. The van der Waals surface area contributed by atoms with Crippen molar-refractivity contribution in [3.05, 3.63) is 53.6 Å². The fourth-order valence-corrected chi connectivity index (χ4v) is 3.13. The zero-order chi connectivity index (χ0) is 16.9. The highest BCUT2D eigenvalue weighted by Gasteiger charge is 2.26. The van der Waals surface area contributed by atoms with Crippen LogP contribution in [0.4, 0.5) is 10.5 Å². The minimum atomic E-state index is -0.252. The van der Waals surface area contributed by atoms with Crippen molar-refractivity contribution in [1.29, 1.82) is 0 Å². The minimum absolute atomic E-state index is 0.103. The second-order valence-electron chi connectivity index (χ2n) is 6.04. The predicted octanol–water partition coefficient (Wildman–Crippen LogP) is 4.40. The normalized spacial score (nSPS) is 12.8. The van der Waals surface area contributed by atoms with Gasteiger partial charge in [0.2, 0.25) is 0 Å². The van der Waals surface area contributed by atoms with Crippen molar-refractivity contribution in [3.8, 4) is 11.1 Å². The van der Waals surface area contributed by atoms with E-state index >= 15 is 0 Å². The maximum atomic E-state index is 12.3. The first-order chi connectivity index (χ1) is 11.7. The van der Waals surface area contributed by atoms with E-state index in [-0.39, 0.29) is 11.8 Å². The summed E-state index contributed by atoms with van der Waals surface area (Å²) in [6.07, 6.45) is 3.20. The number of fused-ring (bicyclic) bond motifs is 1. The second-order valence-corrected chi connectivity index (χ2v) is 6.04. The Kier molecular flexibility index (Phi) is 4.94. The maximum Gasteiger partial charge on any atom is 0.319 e. The Labute approximate surface area is 142 Å². The van der Waals surface area contributed by atoms with Gasteiger partial charge < -0.3 is 10.6 Å². The maximum absolute atomic E-state index is 12.3. The average molecular weight is 322 g/mol. The number of unbranched alkanes of at least 4 members (excludes halogenated alkanes) is 1. The van der Waals surface area contributed by atoms with Crippen LogP contribution in [0, 0.1) is 0 Å². The van der Waals surface area contributed by atoms with Crippen molar-refractivity contribution in [2.45, 2.75) is 32.6 Å². The zero-order valence-electron chi connectivity index (χ0n) is 13.9. The van der Waals surface area contributed by atoms with Crippen LogP contribution in [0.5, 0.6) is 0 Å². The lowest BCUT2D eigenvalue weighted by molar-refractivity contribution is 0.0995. The van der Waals surface area contributed by atoms with E-state index in [1.54, 1.807) is 0 Å². The third kappa shape index (κ3) is 3.32. The molecule has 0 radical (unpaired) electrons. The third-order valence-electron chi connectivity index (χ3n) is 4.34. The van der Waals surface area contributed by atoms with E-state index < -0.39 is 0 Å². The molecule has 0 atom stereocenters. The molecule has 1 aliphatic rings. The van der Waals surface area contributed by atoms with Gasteiger partial charge in [-0.05, 0) is 35.6 Å². The van der Waals surface area contributed by atoms with Crippen LogP contribution in [-0.4, -0.2) is 18.4 Å². The van der Waals surface area contributed by atoms with Crippen molar-refractivity contribution >= 4 is 17.5 Å². The molecule has 4 heteroatoms. The predicted molar refractivity (Wildman–Crippen MR) is 96.5 cm³/mol. The highest BCUT2D eigenvalue weighted by Crippen LogP contribution is 2.36. The van der Waals surface area contributed by atoms with Crippen molar-refractivity contribution in [1.82, 2.24) is 5.32 Å². The summed E-state index contributed by atoms with van der Waals surface area (Å²) in [7, 11) is 0. The Bertz CT molecular complexity index is 754. The van der Waals surface area contributed by atoms with Crippen molar-refractivity contribution in [2.75, 3.05) is 11.9 Å². The van der Waals surface area contributed by atoms with Crippen LogP contribution < -0.4 is 10.6 Å². The topological polar surface area (TPSA) is 58.2 Å². The molecular formula is C20H22N2O2. The number of benzene rings is 2. The fraction of sp³-hybridized carbons (Fsp3) is 0.300. The van der Waals surface area contributed by atoms with E-state index in [0.29, 0.717) is 24.2 Å². The molecule has 0 bridgehead atoms. The van der Waals surface area contributed by atoms with Gasteiger partial charge in [-0.15, -0.1) is 0 Å². The minimum Gasteiger partial charge on any atom is -0.338 e. The van der Waals surface area contributed by atoms with Gasteiger partial charge in [-0.25, -0.2) is 4.79 Å². The van der Waals surface area contributed by atoms with Crippen LogP contribution in [0.2, 0.25) is 0 Å². The highest BCUT2D eigenvalue weighted by molar-refractivity contribution is 6.09. The molecule has 2 N–H and O–H groups in total. The van der Waals surface area contributed by atoms with Crippen LogP contribution in [0.25, 0.3) is 11.1 Å². The first-order valence-electron chi connectivity index (χ1n) is 8.50. The Morgan fingerprint density at radius 1 is 1.08 bits per heavy atom. The Hall–Kier alpha value is -2.62. The summed E-state index contributed by atoms with van der Waals surface area (Å²) in [5.74, 6) is 0.103. The molecule has 2 aromatic carbocycles. The van der Waals surface area contributed by atoms with Gasteiger partial charge in [-0.2, -0.15) is 0 Å². The van der Waals surface area contributed by atoms with E-state index in [2.05, 4.69) is 17.6 Å².